The van der Waals surface area contributed by atoms with E-state index in [0.29, 0.717) is 23.1 Å². The summed E-state index contributed by atoms with van der Waals surface area (Å²) in [5.74, 6) is 0.309. The van der Waals surface area contributed by atoms with E-state index < -0.39 is 0 Å². The van der Waals surface area contributed by atoms with E-state index in [2.05, 4.69) is 25.3 Å². The second-order valence-electron chi connectivity index (χ2n) is 5.17. The van der Waals surface area contributed by atoms with Crippen LogP contribution >= 0.6 is 11.3 Å². The van der Waals surface area contributed by atoms with Gasteiger partial charge in [0.2, 0.25) is 0 Å². The van der Waals surface area contributed by atoms with E-state index in [4.69, 9.17) is 0 Å². The summed E-state index contributed by atoms with van der Waals surface area (Å²) in [4.78, 5) is 28.1. The smallest absolute Gasteiger partial charge is 0.271 e. The van der Waals surface area contributed by atoms with Crippen LogP contribution in [0.4, 0.5) is 0 Å². The molecule has 24 heavy (non-hydrogen) atoms. The zero-order valence-corrected chi connectivity index (χ0v) is 13.4. The van der Waals surface area contributed by atoms with Crippen LogP contribution in [0.25, 0.3) is 21.7 Å². The van der Waals surface area contributed by atoms with Crippen LogP contribution in [-0.4, -0.2) is 25.8 Å². The van der Waals surface area contributed by atoms with Crippen molar-refractivity contribution < 1.29 is 4.79 Å². The zero-order valence-electron chi connectivity index (χ0n) is 12.6. The number of aromatic amines is 1. The average Bonchev–Trinajstić information content (AvgIpc) is 3.27. The van der Waals surface area contributed by atoms with E-state index in [0.717, 1.165) is 16.6 Å². The number of para-hydroxylation sites is 1. The maximum Gasteiger partial charge on any atom is 0.271 e. The number of hydrogen-bond donors (Lipinski definition) is 2. The molecule has 7 heteroatoms. The topological polar surface area (TPSA) is 83.6 Å². The highest BCUT2D eigenvalue weighted by Crippen LogP contribution is 2.19. The fourth-order valence-corrected chi connectivity index (χ4v) is 3.13. The van der Waals surface area contributed by atoms with Crippen molar-refractivity contribution in [3.8, 4) is 10.8 Å². The summed E-state index contributed by atoms with van der Waals surface area (Å²) in [5, 5.41) is 6.34. The maximum absolute atomic E-state index is 12.3. The molecule has 0 saturated carbocycles. The first-order chi connectivity index (χ1) is 11.8. The lowest BCUT2D eigenvalue weighted by Gasteiger charge is -2.00. The fraction of sp³-hybridized carbons (Fsp3) is 0.0588. The van der Waals surface area contributed by atoms with Crippen LogP contribution < -0.4 is 5.32 Å². The molecule has 0 aliphatic rings. The number of carbonyl (C=O) groups is 1. The van der Waals surface area contributed by atoms with Gasteiger partial charge in [0, 0.05) is 29.0 Å². The van der Waals surface area contributed by atoms with Crippen LogP contribution in [0.15, 0.2) is 54.2 Å². The maximum atomic E-state index is 12.3. The highest BCUT2D eigenvalue weighted by atomic mass is 32.1. The minimum atomic E-state index is -0.216. The molecule has 118 valence electrons. The van der Waals surface area contributed by atoms with Gasteiger partial charge < -0.3 is 10.3 Å². The Morgan fingerprint density at radius 3 is 2.83 bits per heavy atom. The van der Waals surface area contributed by atoms with Crippen LogP contribution in [0.5, 0.6) is 0 Å². The lowest BCUT2D eigenvalue weighted by atomic mass is 10.2. The molecule has 1 amide bonds. The summed E-state index contributed by atoms with van der Waals surface area (Å²) < 4.78 is 0. The first-order valence-electron chi connectivity index (χ1n) is 7.37. The third kappa shape index (κ3) is 2.89. The molecule has 0 bridgehead atoms. The van der Waals surface area contributed by atoms with Crippen LogP contribution in [0.1, 0.15) is 16.2 Å². The molecule has 4 aromatic rings. The van der Waals surface area contributed by atoms with Gasteiger partial charge in [0.05, 0.1) is 6.54 Å². The Balaban J connectivity index is 1.45. The molecule has 0 saturated heterocycles. The molecule has 0 fully saturated rings. The van der Waals surface area contributed by atoms with E-state index in [1.807, 2.05) is 30.3 Å². The average molecular weight is 335 g/mol. The van der Waals surface area contributed by atoms with Crippen molar-refractivity contribution in [2.75, 3.05) is 0 Å². The summed E-state index contributed by atoms with van der Waals surface area (Å²) in [6.07, 6.45) is 3.30. The number of fused-ring (bicyclic) bond motifs is 1. The van der Waals surface area contributed by atoms with E-state index in [1.165, 1.54) is 11.3 Å². The predicted molar refractivity (Wildman–Crippen MR) is 92.6 cm³/mol. The third-order valence-corrected chi connectivity index (χ3v) is 4.36. The first kappa shape index (κ1) is 14.5. The number of rotatable bonds is 4. The monoisotopic (exact) mass is 335 g/mol. The lowest BCUT2D eigenvalue weighted by molar-refractivity contribution is 0.0946. The second-order valence-corrected chi connectivity index (χ2v) is 6.03. The number of H-pyrrole nitrogens is 1. The largest absolute Gasteiger partial charge is 0.357 e. The van der Waals surface area contributed by atoms with Gasteiger partial charge in [-0.1, -0.05) is 18.2 Å². The van der Waals surface area contributed by atoms with Crippen molar-refractivity contribution in [2.24, 2.45) is 0 Å². The summed E-state index contributed by atoms with van der Waals surface area (Å²) >= 11 is 1.35. The van der Waals surface area contributed by atoms with Crippen LogP contribution in [0.2, 0.25) is 0 Å². The van der Waals surface area contributed by atoms with Gasteiger partial charge in [-0.3, -0.25) is 4.79 Å². The van der Waals surface area contributed by atoms with Crippen molar-refractivity contribution in [1.82, 2.24) is 25.3 Å². The SMILES string of the molecule is O=C(NCc1cc2ccccc2[nH]1)c1csc(-c2ncccn2)n1. The lowest BCUT2D eigenvalue weighted by Crippen LogP contribution is -2.23. The molecule has 0 spiro atoms. The Hall–Kier alpha value is -3.06. The minimum absolute atomic E-state index is 0.216. The van der Waals surface area contributed by atoms with Crippen molar-refractivity contribution in [3.63, 3.8) is 0 Å². The van der Waals surface area contributed by atoms with Crippen molar-refractivity contribution in [2.45, 2.75) is 6.54 Å². The number of thiazole rings is 1. The van der Waals surface area contributed by atoms with Gasteiger partial charge in [0.15, 0.2) is 10.8 Å². The normalized spacial score (nSPS) is 10.8. The number of aromatic nitrogens is 4. The van der Waals surface area contributed by atoms with Crippen LogP contribution in [0.3, 0.4) is 0 Å². The molecule has 3 heterocycles. The molecule has 0 atom stereocenters. The van der Waals surface area contributed by atoms with Crippen molar-refractivity contribution in [1.29, 1.82) is 0 Å². The van der Waals surface area contributed by atoms with E-state index in [-0.39, 0.29) is 5.91 Å². The molecule has 0 unspecified atom stereocenters. The molecule has 6 nitrogen and oxygen atoms in total. The van der Waals surface area contributed by atoms with Crippen LogP contribution in [0, 0.1) is 0 Å². The van der Waals surface area contributed by atoms with Gasteiger partial charge in [0.1, 0.15) is 5.69 Å². The molecule has 3 aromatic heterocycles. The van der Waals surface area contributed by atoms with E-state index in [1.54, 1.807) is 23.8 Å². The molecular formula is C17H13N5OS. The molecular weight excluding hydrogens is 322 g/mol. The Morgan fingerprint density at radius 1 is 1.17 bits per heavy atom. The number of benzene rings is 1. The summed E-state index contributed by atoms with van der Waals surface area (Å²) in [5.41, 5.74) is 2.38. The van der Waals surface area contributed by atoms with Gasteiger partial charge in [-0.15, -0.1) is 11.3 Å². The number of amides is 1. The molecule has 4 rings (SSSR count). The molecule has 0 aliphatic carbocycles. The van der Waals surface area contributed by atoms with Gasteiger partial charge >= 0.3 is 0 Å². The van der Waals surface area contributed by atoms with Gasteiger partial charge in [0.25, 0.3) is 5.91 Å². The zero-order chi connectivity index (χ0) is 16.4. The molecule has 0 aliphatic heterocycles. The number of hydrogen-bond acceptors (Lipinski definition) is 5. The quantitative estimate of drug-likeness (QED) is 0.600. The second kappa shape index (κ2) is 6.21. The van der Waals surface area contributed by atoms with Crippen LogP contribution in [-0.2, 0) is 6.54 Å². The van der Waals surface area contributed by atoms with E-state index >= 15 is 0 Å². The van der Waals surface area contributed by atoms with Crippen molar-refractivity contribution in [3.05, 3.63) is 65.6 Å². The summed E-state index contributed by atoms with van der Waals surface area (Å²) in [6.45, 7) is 0.419. The number of nitrogens with zero attached hydrogens (tertiary/aromatic N) is 3. The Labute approximate surface area is 141 Å². The van der Waals surface area contributed by atoms with Gasteiger partial charge in [-0.2, -0.15) is 0 Å². The molecule has 2 N–H and O–H groups in total. The third-order valence-electron chi connectivity index (χ3n) is 3.52. The summed E-state index contributed by atoms with van der Waals surface area (Å²) in [7, 11) is 0. The number of nitrogens with one attached hydrogen (secondary N) is 2. The highest BCUT2D eigenvalue weighted by Gasteiger charge is 2.13. The number of carbonyl (C=O) groups excluding carboxylic acids is 1. The van der Waals surface area contributed by atoms with Crippen molar-refractivity contribution >= 4 is 28.1 Å². The minimum Gasteiger partial charge on any atom is -0.357 e. The Kier molecular flexibility index (Phi) is 3.76. The highest BCUT2D eigenvalue weighted by molar-refractivity contribution is 7.13. The molecule has 0 radical (unpaired) electrons. The van der Waals surface area contributed by atoms with Gasteiger partial charge in [-0.05, 0) is 23.6 Å². The van der Waals surface area contributed by atoms with E-state index in [9.17, 15) is 4.79 Å². The summed E-state index contributed by atoms with van der Waals surface area (Å²) in [6, 6.07) is 11.8. The predicted octanol–water partition coefficient (Wildman–Crippen LogP) is 3.01. The molecule has 1 aromatic carbocycles. The Morgan fingerprint density at radius 2 is 2.00 bits per heavy atom. The fourth-order valence-electron chi connectivity index (χ4n) is 2.39. The van der Waals surface area contributed by atoms with Gasteiger partial charge in [-0.25, -0.2) is 15.0 Å². The Bertz CT molecular complexity index is 959. The standard InChI is InChI=1S/C17H13N5OS/c23-16(14-10-24-17(22-14)15-18-6-3-7-19-15)20-9-12-8-11-4-1-2-5-13(11)21-12/h1-8,10,21H,9H2,(H,20,23). The first-order valence-corrected chi connectivity index (χ1v) is 8.25.